The van der Waals surface area contributed by atoms with Crippen molar-refractivity contribution in [2.75, 3.05) is 14.1 Å². The fourth-order valence-electron chi connectivity index (χ4n) is 1.49. The van der Waals surface area contributed by atoms with Crippen molar-refractivity contribution in [3.63, 3.8) is 0 Å². The maximum atomic E-state index is 11.8. The van der Waals surface area contributed by atoms with E-state index >= 15 is 0 Å². The van der Waals surface area contributed by atoms with E-state index in [0.717, 1.165) is 5.69 Å². The molecule has 84 valence electrons. The second kappa shape index (κ2) is 3.90. The lowest BCUT2D eigenvalue weighted by molar-refractivity contribution is 0.0829. The third-order valence-electron chi connectivity index (χ3n) is 2.33. The van der Waals surface area contributed by atoms with Crippen LogP contribution in [-0.4, -0.2) is 39.5 Å². The van der Waals surface area contributed by atoms with Gasteiger partial charge >= 0.3 is 0 Å². The van der Waals surface area contributed by atoms with Crippen molar-refractivity contribution in [2.45, 2.75) is 6.54 Å². The number of carbonyl (C=O) groups excluding carboxylic acids is 1. The Labute approximate surface area is 92.7 Å². The molecule has 0 spiro atoms. The van der Waals surface area contributed by atoms with Gasteiger partial charge in [0.2, 0.25) is 0 Å². The molecule has 2 aromatic heterocycles. The fourth-order valence-corrected chi connectivity index (χ4v) is 1.49. The van der Waals surface area contributed by atoms with E-state index in [1.807, 2.05) is 0 Å². The summed E-state index contributed by atoms with van der Waals surface area (Å²) in [6.45, 7) is 0.357. The Morgan fingerprint density at radius 3 is 2.94 bits per heavy atom. The lowest BCUT2D eigenvalue weighted by atomic mass is 10.3. The standard InChI is InChI=1S/C10H13N5O/c1-14(2)10(16)8-6-13-15-7(5-11)3-4-12-9(8)15/h3-4,6H,5,11H2,1-2H3. The van der Waals surface area contributed by atoms with E-state index in [9.17, 15) is 4.79 Å². The van der Waals surface area contributed by atoms with Crippen LogP contribution >= 0.6 is 0 Å². The van der Waals surface area contributed by atoms with Crippen LogP contribution in [0.4, 0.5) is 0 Å². The van der Waals surface area contributed by atoms with E-state index in [2.05, 4.69) is 10.1 Å². The number of nitrogens with two attached hydrogens (primary N) is 1. The molecule has 0 aliphatic carbocycles. The first kappa shape index (κ1) is 10.6. The Kier molecular flexibility index (Phi) is 2.57. The van der Waals surface area contributed by atoms with Gasteiger partial charge in [-0.15, -0.1) is 0 Å². The molecule has 1 amide bonds. The summed E-state index contributed by atoms with van der Waals surface area (Å²) in [6, 6.07) is 1.78. The van der Waals surface area contributed by atoms with Crippen molar-refractivity contribution in [1.82, 2.24) is 19.5 Å². The molecular weight excluding hydrogens is 206 g/mol. The highest BCUT2D eigenvalue weighted by molar-refractivity contribution is 5.99. The highest BCUT2D eigenvalue weighted by Crippen LogP contribution is 2.11. The summed E-state index contributed by atoms with van der Waals surface area (Å²) in [7, 11) is 3.39. The average Bonchev–Trinajstić information content (AvgIpc) is 2.71. The summed E-state index contributed by atoms with van der Waals surface area (Å²) in [5.41, 5.74) is 7.43. The molecule has 0 aromatic carbocycles. The fraction of sp³-hybridized carbons (Fsp3) is 0.300. The highest BCUT2D eigenvalue weighted by Gasteiger charge is 2.16. The third kappa shape index (κ3) is 1.53. The van der Waals surface area contributed by atoms with Gasteiger partial charge in [-0.3, -0.25) is 4.79 Å². The molecule has 0 radical (unpaired) electrons. The Morgan fingerprint density at radius 1 is 1.56 bits per heavy atom. The molecule has 6 nitrogen and oxygen atoms in total. The normalized spacial score (nSPS) is 10.7. The van der Waals surface area contributed by atoms with Crippen LogP contribution in [0.25, 0.3) is 5.65 Å². The monoisotopic (exact) mass is 219 g/mol. The van der Waals surface area contributed by atoms with Crippen molar-refractivity contribution in [3.8, 4) is 0 Å². The van der Waals surface area contributed by atoms with Gasteiger partial charge in [0, 0.05) is 26.8 Å². The lowest BCUT2D eigenvalue weighted by Crippen LogP contribution is -2.21. The summed E-state index contributed by atoms with van der Waals surface area (Å²) in [5, 5.41) is 4.12. The molecule has 2 heterocycles. The molecule has 0 saturated heterocycles. The van der Waals surface area contributed by atoms with Crippen molar-refractivity contribution >= 4 is 11.6 Å². The van der Waals surface area contributed by atoms with Crippen molar-refractivity contribution < 1.29 is 4.79 Å². The van der Waals surface area contributed by atoms with Crippen molar-refractivity contribution in [1.29, 1.82) is 0 Å². The van der Waals surface area contributed by atoms with Crippen molar-refractivity contribution in [3.05, 3.63) is 29.7 Å². The molecule has 2 aromatic rings. The summed E-state index contributed by atoms with van der Waals surface area (Å²) < 4.78 is 1.59. The number of rotatable bonds is 2. The van der Waals surface area contributed by atoms with Crippen LogP contribution in [0.5, 0.6) is 0 Å². The summed E-state index contributed by atoms with van der Waals surface area (Å²) in [6.07, 6.45) is 3.15. The second-order valence-corrected chi connectivity index (χ2v) is 3.63. The van der Waals surface area contributed by atoms with Gasteiger partial charge in [0.25, 0.3) is 5.91 Å². The van der Waals surface area contributed by atoms with E-state index < -0.39 is 0 Å². The predicted octanol–water partition coefficient (Wildman–Crippen LogP) is -0.110. The number of fused-ring (bicyclic) bond motifs is 1. The number of hydrogen-bond acceptors (Lipinski definition) is 4. The van der Waals surface area contributed by atoms with Gasteiger partial charge in [-0.25, -0.2) is 9.50 Å². The van der Waals surface area contributed by atoms with Crippen molar-refractivity contribution in [2.24, 2.45) is 5.73 Å². The van der Waals surface area contributed by atoms with Gasteiger partial charge in [0.15, 0.2) is 5.65 Å². The maximum Gasteiger partial charge on any atom is 0.258 e. The first-order chi connectivity index (χ1) is 7.65. The van der Waals surface area contributed by atoms with Gasteiger partial charge in [-0.05, 0) is 6.07 Å². The molecular formula is C10H13N5O. The van der Waals surface area contributed by atoms with Gasteiger partial charge < -0.3 is 10.6 Å². The first-order valence-corrected chi connectivity index (χ1v) is 4.88. The quantitative estimate of drug-likeness (QED) is 0.764. The minimum absolute atomic E-state index is 0.114. The van der Waals surface area contributed by atoms with Gasteiger partial charge in [0.05, 0.1) is 11.9 Å². The Bertz CT molecular complexity index is 531. The number of nitrogens with zero attached hydrogens (tertiary/aromatic N) is 4. The van der Waals surface area contributed by atoms with E-state index in [-0.39, 0.29) is 5.91 Å². The molecule has 2 N–H and O–H groups in total. The van der Waals surface area contributed by atoms with E-state index in [1.165, 1.54) is 11.1 Å². The minimum atomic E-state index is -0.114. The number of amides is 1. The van der Waals surface area contributed by atoms with Gasteiger partial charge in [0.1, 0.15) is 5.56 Å². The molecule has 0 saturated carbocycles. The third-order valence-corrected chi connectivity index (χ3v) is 2.33. The molecule has 6 heteroatoms. The Hall–Kier alpha value is -1.95. The second-order valence-electron chi connectivity index (χ2n) is 3.63. The van der Waals surface area contributed by atoms with Gasteiger partial charge in [-0.2, -0.15) is 5.10 Å². The van der Waals surface area contributed by atoms with Crippen LogP contribution in [0.3, 0.4) is 0 Å². The smallest absolute Gasteiger partial charge is 0.258 e. The molecule has 0 aliphatic heterocycles. The van der Waals surface area contributed by atoms with Gasteiger partial charge in [-0.1, -0.05) is 0 Å². The van der Waals surface area contributed by atoms with Crippen LogP contribution in [0.15, 0.2) is 18.5 Å². The highest BCUT2D eigenvalue weighted by atomic mass is 16.2. The zero-order valence-corrected chi connectivity index (χ0v) is 9.21. The van der Waals surface area contributed by atoms with E-state index in [4.69, 9.17) is 5.73 Å². The van der Waals surface area contributed by atoms with E-state index in [0.29, 0.717) is 17.8 Å². The molecule has 16 heavy (non-hydrogen) atoms. The zero-order valence-electron chi connectivity index (χ0n) is 9.21. The SMILES string of the molecule is CN(C)C(=O)c1cnn2c(CN)ccnc12. The topological polar surface area (TPSA) is 76.5 Å². The average molecular weight is 219 g/mol. The Balaban J connectivity index is 2.62. The molecule has 0 fully saturated rings. The molecule has 0 aliphatic rings. The van der Waals surface area contributed by atoms with E-state index in [1.54, 1.807) is 30.9 Å². The number of carbonyl (C=O) groups is 1. The summed E-state index contributed by atoms with van der Waals surface area (Å²) >= 11 is 0. The van der Waals surface area contributed by atoms with Crippen LogP contribution in [0, 0.1) is 0 Å². The summed E-state index contributed by atoms with van der Waals surface area (Å²) in [5.74, 6) is -0.114. The van der Waals surface area contributed by atoms with Crippen LogP contribution in [0.2, 0.25) is 0 Å². The van der Waals surface area contributed by atoms with Crippen LogP contribution in [-0.2, 0) is 6.54 Å². The molecule has 0 unspecified atom stereocenters. The summed E-state index contributed by atoms with van der Waals surface area (Å²) in [4.78, 5) is 17.5. The zero-order chi connectivity index (χ0) is 11.7. The van der Waals surface area contributed by atoms with Crippen LogP contribution < -0.4 is 5.73 Å². The number of aromatic nitrogens is 3. The largest absolute Gasteiger partial charge is 0.345 e. The minimum Gasteiger partial charge on any atom is -0.345 e. The first-order valence-electron chi connectivity index (χ1n) is 4.88. The van der Waals surface area contributed by atoms with Crippen LogP contribution in [0.1, 0.15) is 16.1 Å². The number of hydrogen-bond donors (Lipinski definition) is 1. The lowest BCUT2D eigenvalue weighted by Gasteiger charge is -2.08. The Morgan fingerprint density at radius 2 is 2.31 bits per heavy atom. The maximum absolute atomic E-state index is 11.8. The molecule has 0 atom stereocenters. The molecule has 0 bridgehead atoms. The molecule has 2 rings (SSSR count). The predicted molar refractivity (Wildman–Crippen MR) is 58.9 cm³/mol.